The highest BCUT2D eigenvalue weighted by Crippen LogP contribution is 2.26. The normalized spacial score (nSPS) is 10.2. The Hall–Kier alpha value is -3.14. The maximum atomic E-state index is 12.6. The van der Waals surface area contributed by atoms with Crippen molar-refractivity contribution in [3.8, 4) is 16.9 Å². The topological polar surface area (TPSA) is 51.2 Å². The highest BCUT2D eigenvalue weighted by Gasteiger charge is 2.13. The molecule has 0 aliphatic rings. The van der Waals surface area contributed by atoms with Crippen LogP contribution >= 0.6 is 0 Å². The van der Waals surface area contributed by atoms with E-state index < -0.39 is 0 Å². The molecule has 1 amide bonds. The SMILES string of the molecule is COc1ccc(-c2ccccc2)cc1C(=O)NCc1cccnc1. The summed E-state index contributed by atoms with van der Waals surface area (Å²) < 4.78 is 5.34. The van der Waals surface area contributed by atoms with Gasteiger partial charge in [-0.3, -0.25) is 9.78 Å². The monoisotopic (exact) mass is 318 g/mol. The number of benzene rings is 2. The van der Waals surface area contributed by atoms with E-state index in [9.17, 15) is 4.79 Å². The molecule has 1 N–H and O–H groups in total. The van der Waals surface area contributed by atoms with E-state index in [1.165, 1.54) is 0 Å². The lowest BCUT2D eigenvalue weighted by Crippen LogP contribution is -2.23. The first-order valence-electron chi connectivity index (χ1n) is 7.68. The van der Waals surface area contributed by atoms with Crippen LogP contribution in [-0.2, 0) is 6.54 Å². The average Bonchev–Trinajstić information content (AvgIpc) is 2.67. The molecule has 1 aromatic heterocycles. The molecule has 0 atom stereocenters. The number of rotatable bonds is 5. The van der Waals surface area contributed by atoms with Crippen molar-refractivity contribution in [1.29, 1.82) is 0 Å². The predicted octanol–water partition coefficient (Wildman–Crippen LogP) is 3.69. The maximum Gasteiger partial charge on any atom is 0.255 e. The summed E-state index contributed by atoms with van der Waals surface area (Å²) in [7, 11) is 1.56. The van der Waals surface area contributed by atoms with Gasteiger partial charge in [0.1, 0.15) is 5.75 Å². The first-order chi connectivity index (χ1) is 11.8. The molecule has 0 saturated heterocycles. The van der Waals surface area contributed by atoms with Crippen molar-refractivity contribution in [1.82, 2.24) is 10.3 Å². The first kappa shape index (κ1) is 15.7. The molecule has 3 rings (SSSR count). The number of carbonyl (C=O) groups is 1. The molecular formula is C20H18N2O2. The fraction of sp³-hybridized carbons (Fsp3) is 0.100. The minimum Gasteiger partial charge on any atom is -0.496 e. The molecule has 120 valence electrons. The Kier molecular flexibility index (Phi) is 4.87. The van der Waals surface area contributed by atoms with E-state index in [0.29, 0.717) is 17.9 Å². The van der Waals surface area contributed by atoms with Crippen molar-refractivity contribution >= 4 is 5.91 Å². The van der Waals surface area contributed by atoms with E-state index in [-0.39, 0.29) is 5.91 Å². The minimum absolute atomic E-state index is 0.173. The lowest BCUT2D eigenvalue weighted by atomic mass is 10.0. The average molecular weight is 318 g/mol. The standard InChI is InChI=1S/C20H18N2O2/c1-24-19-10-9-17(16-7-3-2-4-8-16)12-18(19)20(23)22-14-15-6-5-11-21-13-15/h2-13H,14H2,1H3,(H,22,23). The third-order valence-corrected chi connectivity index (χ3v) is 3.73. The minimum atomic E-state index is -0.173. The summed E-state index contributed by atoms with van der Waals surface area (Å²) in [6.07, 6.45) is 3.44. The predicted molar refractivity (Wildman–Crippen MR) is 93.8 cm³/mol. The van der Waals surface area contributed by atoms with Gasteiger partial charge in [0.05, 0.1) is 12.7 Å². The molecule has 3 aromatic rings. The van der Waals surface area contributed by atoms with Crippen molar-refractivity contribution in [3.05, 3.63) is 84.2 Å². The molecular weight excluding hydrogens is 300 g/mol. The molecule has 1 heterocycles. The summed E-state index contributed by atoms with van der Waals surface area (Å²) in [5.41, 5.74) is 3.50. The van der Waals surface area contributed by atoms with Gasteiger partial charge in [-0.05, 0) is 34.9 Å². The second kappa shape index (κ2) is 7.42. The van der Waals surface area contributed by atoms with Crippen LogP contribution < -0.4 is 10.1 Å². The van der Waals surface area contributed by atoms with Gasteiger partial charge >= 0.3 is 0 Å². The summed E-state index contributed by atoms with van der Waals surface area (Å²) in [6, 6.07) is 19.3. The van der Waals surface area contributed by atoms with Crippen molar-refractivity contribution < 1.29 is 9.53 Å². The third-order valence-electron chi connectivity index (χ3n) is 3.73. The number of nitrogens with zero attached hydrogens (tertiary/aromatic N) is 1. The van der Waals surface area contributed by atoms with E-state index in [1.54, 1.807) is 19.5 Å². The van der Waals surface area contributed by atoms with Crippen molar-refractivity contribution in [2.45, 2.75) is 6.54 Å². The molecule has 24 heavy (non-hydrogen) atoms. The summed E-state index contributed by atoms with van der Waals surface area (Å²) in [4.78, 5) is 16.6. The van der Waals surface area contributed by atoms with Crippen molar-refractivity contribution in [2.75, 3.05) is 7.11 Å². The number of hydrogen-bond donors (Lipinski definition) is 1. The van der Waals surface area contributed by atoms with Crippen LogP contribution in [0.1, 0.15) is 15.9 Å². The number of aromatic nitrogens is 1. The van der Waals surface area contributed by atoms with Gasteiger partial charge in [0, 0.05) is 18.9 Å². The Labute approximate surface area is 141 Å². The molecule has 0 unspecified atom stereocenters. The zero-order valence-electron chi connectivity index (χ0n) is 13.4. The van der Waals surface area contributed by atoms with Crippen LogP contribution in [0.5, 0.6) is 5.75 Å². The zero-order chi connectivity index (χ0) is 16.8. The summed E-state index contributed by atoms with van der Waals surface area (Å²) >= 11 is 0. The van der Waals surface area contributed by atoms with E-state index >= 15 is 0 Å². The Balaban J connectivity index is 1.84. The van der Waals surface area contributed by atoms with Gasteiger partial charge in [-0.25, -0.2) is 0 Å². The van der Waals surface area contributed by atoms with Crippen molar-refractivity contribution in [2.24, 2.45) is 0 Å². The van der Waals surface area contributed by atoms with Crippen LogP contribution in [0.15, 0.2) is 73.1 Å². The Morgan fingerprint density at radius 1 is 1.04 bits per heavy atom. The Morgan fingerprint density at radius 2 is 1.88 bits per heavy atom. The largest absolute Gasteiger partial charge is 0.496 e. The molecule has 0 aliphatic heterocycles. The number of methoxy groups -OCH3 is 1. The van der Waals surface area contributed by atoms with Crippen LogP contribution in [0.3, 0.4) is 0 Å². The third kappa shape index (κ3) is 3.60. The van der Waals surface area contributed by atoms with Crippen LogP contribution in [0.25, 0.3) is 11.1 Å². The Bertz CT molecular complexity index is 818. The van der Waals surface area contributed by atoms with Crippen molar-refractivity contribution in [3.63, 3.8) is 0 Å². The second-order valence-electron chi connectivity index (χ2n) is 5.33. The van der Waals surface area contributed by atoms with Gasteiger partial charge in [0.2, 0.25) is 0 Å². The lowest BCUT2D eigenvalue weighted by Gasteiger charge is -2.11. The van der Waals surface area contributed by atoms with Gasteiger partial charge in [0.15, 0.2) is 0 Å². The number of hydrogen-bond acceptors (Lipinski definition) is 3. The Morgan fingerprint density at radius 3 is 2.58 bits per heavy atom. The molecule has 2 aromatic carbocycles. The molecule has 0 radical (unpaired) electrons. The molecule has 0 saturated carbocycles. The highest BCUT2D eigenvalue weighted by molar-refractivity contribution is 5.98. The number of nitrogens with one attached hydrogen (secondary N) is 1. The smallest absolute Gasteiger partial charge is 0.255 e. The number of ether oxygens (including phenoxy) is 1. The number of carbonyl (C=O) groups excluding carboxylic acids is 1. The van der Waals surface area contributed by atoms with E-state index in [4.69, 9.17) is 4.74 Å². The van der Waals surface area contributed by atoms with Crippen LogP contribution in [0, 0.1) is 0 Å². The van der Waals surface area contributed by atoms with E-state index in [2.05, 4.69) is 10.3 Å². The number of amides is 1. The van der Waals surface area contributed by atoms with Gasteiger partial charge in [-0.2, -0.15) is 0 Å². The summed E-state index contributed by atoms with van der Waals surface area (Å²) in [5, 5.41) is 2.91. The van der Waals surface area contributed by atoms with E-state index in [0.717, 1.165) is 16.7 Å². The van der Waals surface area contributed by atoms with Gasteiger partial charge in [0.25, 0.3) is 5.91 Å². The lowest BCUT2D eigenvalue weighted by molar-refractivity contribution is 0.0948. The van der Waals surface area contributed by atoms with Crippen LogP contribution in [0.4, 0.5) is 0 Å². The maximum absolute atomic E-state index is 12.6. The second-order valence-corrected chi connectivity index (χ2v) is 5.33. The van der Waals surface area contributed by atoms with Gasteiger partial charge in [-0.1, -0.05) is 42.5 Å². The fourth-order valence-electron chi connectivity index (χ4n) is 2.48. The molecule has 0 aliphatic carbocycles. The summed E-state index contributed by atoms with van der Waals surface area (Å²) in [5.74, 6) is 0.381. The fourth-order valence-corrected chi connectivity index (χ4v) is 2.48. The highest BCUT2D eigenvalue weighted by atomic mass is 16.5. The van der Waals surface area contributed by atoms with Crippen LogP contribution in [-0.4, -0.2) is 18.0 Å². The quantitative estimate of drug-likeness (QED) is 0.780. The summed E-state index contributed by atoms with van der Waals surface area (Å²) in [6.45, 7) is 0.422. The zero-order valence-corrected chi connectivity index (χ0v) is 13.4. The molecule has 0 spiro atoms. The molecule has 0 fully saturated rings. The molecule has 0 bridgehead atoms. The molecule has 4 heteroatoms. The molecule has 4 nitrogen and oxygen atoms in total. The first-order valence-corrected chi connectivity index (χ1v) is 7.68. The van der Waals surface area contributed by atoms with E-state index in [1.807, 2.05) is 60.7 Å². The number of pyridine rings is 1. The van der Waals surface area contributed by atoms with Gasteiger partial charge < -0.3 is 10.1 Å². The van der Waals surface area contributed by atoms with Crippen LogP contribution in [0.2, 0.25) is 0 Å². The van der Waals surface area contributed by atoms with Gasteiger partial charge in [-0.15, -0.1) is 0 Å².